The number of hydrogen-bond donors (Lipinski definition) is 0. The molecule has 2 rings (SSSR count). The zero-order valence-corrected chi connectivity index (χ0v) is 13.2. The summed E-state index contributed by atoms with van der Waals surface area (Å²) in [6.45, 7) is 11.7. The van der Waals surface area contributed by atoms with Gasteiger partial charge in [0.1, 0.15) is 0 Å². The van der Waals surface area contributed by atoms with Gasteiger partial charge in [-0.3, -0.25) is 0 Å². The average molecular weight is 272 g/mol. The monoisotopic (exact) mass is 272 g/mol. The van der Waals surface area contributed by atoms with E-state index in [-0.39, 0.29) is 5.41 Å². The van der Waals surface area contributed by atoms with Crippen LogP contribution in [0.4, 0.5) is 0 Å². The molecule has 2 atom stereocenters. The van der Waals surface area contributed by atoms with Gasteiger partial charge in [-0.1, -0.05) is 64.1 Å². The molecule has 20 heavy (non-hydrogen) atoms. The van der Waals surface area contributed by atoms with E-state index in [0.29, 0.717) is 12.0 Å². The van der Waals surface area contributed by atoms with Crippen molar-refractivity contribution in [1.29, 1.82) is 0 Å². The molecule has 1 nitrogen and oxygen atoms in total. The van der Waals surface area contributed by atoms with Crippen LogP contribution in [0.3, 0.4) is 0 Å². The molecule has 1 aromatic rings. The molecule has 0 N–H and O–H groups in total. The fourth-order valence-corrected chi connectivity index (χ4v) is 3.62. The molecule has 0 spiro atoms. The van der Waals surface area contributed by atoms with Crippen LogP contribution in [0.2, 0.25) is 0 Å². The van der Waals surface area contributed by atoms with Gasteiger partial charge in [0.05, 0.1) is 6.10 Å². The minimum Gasteiger partial charge on any atom is -0.378 e. The van der Waals surface area contributed by atoms with E-state index in [2.05, 4.69) is 51.6 Å². The normalized spacial score (nSPS) is 26.7. The molecule has 1 aromatic carbocycles. The van der Waals surface area contributed by atoms with Crippen LogP contribution in [0, 0.1) is 5.92 Å². The van der Waals surface area contributed by atoms with Crippen LogP contribution in [0.1, 0.15) is 57.6 Å². The van der Waals surface area contributed by atoms with Crippen molar-refractivity contribution in [3.8, 4) is 0 Å². The van der Waals surface area contributed by atoms with Crippen LogP contribution in [0.25, 0.3) is 6.08 Å². The predicted molar refractivity (Wildman–Crippen MR) is 86.9 cm³/mol. The summed E-state index contributed by atoms with van der Waals surface area (Å²) in [5.74, 6) is 0.586. The molecular weight excluding hydrogens is 244 g/mol. The summed E-state index contributed by atoms with van der Waals surface area (Å²) < 4.78 is 6.01. The maximum absolute atomic E-state index is 6.01. The van der Waals surface area contributed by atoms with Crippen molar-refractivity contribution in [3.63, 3.8) is 0 Å². The van der Waals surface area contributed by atoms with Gasteiger partial charge in [-0.05, 0) is 36.3 Å². The number of ether oxygens (including phenoxy) is 1. The van der Waals surface area contributed by atoms with Gasteiger partial charge in [-0.25, -0.2) is 0 Å². The second kappa shape index (κ2) is 6.58. The Morgan fingerprint density at radius 2 is 2.15 bits per heavy atom. The SMILES string of the molecule is C=Cc1ccccc1C1(CCC)CCOC(C(C)C)C1. The second-order valence-electron chi connectivity index (χ2n) is 6.43. The van der Waals surface area contributed by atoms with E-state index in [1.807, 2.05) is 6.08 Å². The molecule has 2 unspecified atom stereocenters. The molecule has 1 aliphatic rings. The van der Waals surface area contributed by atoms with Crippen LogP contribution in [0.5, 0.6) is 0 Å². The van der Waals surface area contributed by atoms with Gasteiger partial charge in [0, 0.05) is 12.0 Å². The lowest BCUT2D eigenvalue weighted by atomic mass is 9.67. The van der Waals surface area contributed by atoms with Crippen LogP contribution in [-0.2, 0) is 10.2 Å². The molecule has 0 aromatic heterocycles. The zero-order chi connectivity index (χ0) is 14.6. The lowest BCUT2D eigenvalue weighted by molar-refractivity contribution is -0.0472. The molecular formula is C19H28O. The Bertz CT molecular complexity index is 445. The van der Waals surface area contributed by atoms with E-state index in [0.717, 1.165) is 19.4 Å². The quantitative estimate of drug-likeness (QED) is 0.715. The second-order valence-corrected chi connectivity index (χ2v) is 6.43. The zero-order valence-electron chi connectivity index (χ0n) is 13.2. The summed E-state index contributed by atoms with van der Waals surface area (Å²) >= 11 is 0. The molecule has 0 aliphatic carbocycles. The first-order valence-electron chi connectivity index (χ1n) is 7.96. The maximum Gasteiger partial charge on any atom is 0.0606 e. The lowest BCUT2D eigenvalue weighted by Crippen LogP contribution is -2.41. The van der Waals surface area contributed by atoms with Crippen LogP contribution in [0.15, 0.2) is 30.8 Å². The van der Waals surface area contributed by atoms with Crippen molar-refractivity contribution in [2.24, 2.45) is 5.92 Å². The summed E-state index contributed by atoms with van der Waals surface area (Å²) in [6.07, 6.45) is 7.12. The molecule has 1 saturated heterocycles. The molecule has 0 radical (unpaired) electrons. The van der Waals surface area contributed by atoms with E-state index in [4.69, 9.17) is 4.74 Å². The van der Waals surface area contributed by atoms with E-state index in [1.54, 1.807) is 0 Å². The fraction of sp³-hybridized carbons (Fsp3) is 0.579. The Hall–Kier alpha value is -1.08. The molecule has 1 fully saturated rings. The Kier molecular flexibility index (Phi) is 5.04. The standard InChI is InChI=1S/C19H28O/c1-5-11-19(12-13-20-18(14-19)15(3)4)17-10-8-7-9-16(17)6-2/h6-10,15,18H,2,5,11-14H2,1,3-4H3. The summed E-state index contributed by atoms with van der Waals surface area (Å²) in [4.78, 5) is 0. The van der Waals surface area contributed by atoms with Crippen molar-refractivity contribution in [2.75, 3.05) is 6.61 Å². The smallest absolute Gasteiger partial charge is 0.0606 e. The van der Waals surface area contributed by atoms with Crippen molar-refractivity contribution in [1.82, 2.24) is 0 Å². The number of benzene rings is 1. The molecule has 1 heterocycles. The fourth-order valence-electron chi connectivity index (χ4n) is 3.62. The molecule has 1 heteroatoms. The maximum atomic E-state index is 6.01. The van der Waals surface area contributed by atoms with E-state index in [9.17, 15) is 0 Å². The lowest BCUT2D eigenvalue weighted by Gasteiger charge is -2.43. The van der Waals surface area contributed by atoms with E-state index >= 15 is 0 Å². The highest BCUT2D eigenvalue weighted by Crippen LogP contribution is 2.44. The molecule has 1 aliphatic heterocycles. The minimum absolute atomic E-state index is 0.271. The first-order chi connectivity index (χ1) is 9.63. The van der Waals surface area contributed by atoms with Crippen LogP contribution < -0.4 is 0 Å². The highest BCUT2D eigenvalue weighted by molar-refractivity contribution is 5.54. The Balaban J connectivity index is 2.40. The predicted octanol–water partition coefficient (Wildman–Crippen LogP) is 5.20. The minimum atomic E-state index is 0.271. The first-order valence-corrected chi connectivity index (χ1v) is 7.96. The van der Waals surface area contributed by atoms with Crippen molar-refractivity contribution in [3.05, 3.63) is 42.0 Å². The van der Waals surface area contributed by atoms with Crippen molar-refractivity contribution < 1.29 is 4.74 Å². The van der Waals surface area contributed by atoms with Gasteiger partial charge in [0.15, 0.2) is 0 Å². The largest absolute Gasteiger partial charge is 0.378 e. The highest BCUT2D eigenvalue weighted by Gasteiger charge is 2.39. The third kappa shape index (κ3) is 2.98. The third-order valence-electron chi connectivity index (χ3n) is 4.73. The average Bonchev–Trinajstić information content (AvgIpc) is 2.47. The molecule has 0 saturated carbocycles. The topological polar surface area (TPSA) is 9.23 Å². The van der Waals surface area contributed by atoms with E-state index in [1.165, 1.54) is 24.0 Å². The van der Waals surface area contributed by atoms with Gasteiger partial charge in [0.25, 0.3) is 0 Å². The Morgan fingerprint density at radius 1 is 1.40 bits per heavy atom. The van der Waals surface area contributed by atoms with Gasteiger partial charge < -0.3 is 4.74 Å². The van der Waals surface area contributed by atoms with Gasteiger partial charge in [0.2, 0.25) is 0 Å². The van der Waals surface area contributed by atoms with Crippen molar-refractivity contribution >= 4 is 6.08 Å². The first kappa shape index (κ1) is 15.3. The summed E-state index contributed by atoms with van der Waals surface area (Å²) in [5, 5.41) is 0. The third-order valence-corrected chi connectivity index (χ3v) is 4.73. The highest BCUT2D eigenvalue weighted by atomic mass is 16.5. The van der Waals surface area contributed by atoms with Gasteiger partial charge in [-0.2, -0.15) is 0 Å². The van der Waals surface area contributed by atoms with Crippen LogP contribution in [-0.4, -0.2) is 12.7 Å². The molecule has 110 valence electrons. The number of hydrogen-bond acceptors (Lipinski definition) is 1. The Labute approximate surface area is 124 Å². The Morgan fingerprint density at radius 3 is 2.80 bits per heavy atom. The van der Waals surface area contributed by atoms with E-state index < -0.39 is 0 Å². The van der Waals surface area contributed by atoms with Crippen LogP contribution >= 0.6 is 0 Å². The van der Waals surface area contributed by atoms with Gasteiger partial charge >= 0.3 is 0 Å². The number of rotatable bonds is 5. The summed E-state index contributed by atoms with van der Waals surface area (Å²) in [6, 6.07) is 8.77. The van der Waals surface area contributed by atoms with Crippen molar-refractivity contribution in [2.45, 2.75) is 58.0 Å². The van der Waals surface area contributed by atoms with Gasteiger partial charge in [-0.15, -0.1) is 0 Å². The molecule has 0 amide bonds. The summed E-state index contributed by atoms with van der Waals surface area (Å²) in [7, 11) is 0. The molecule has 0 bridgehead atoms. The summed E-state index contributed by atoms with van der Waals surface area (Å²) in [5.41, 5.74) is 3.04.